The molecule has 1 N–H and O–H groups in total. The highest BCUT2D eigenvalue weighted by Crippen LogP contribution is 2.30. The zero-order valence-corrected chi connectivity index (χ0v) is 11.4. The average molecular weight is 261 g/mol. The molecule has 0 unspecified atom stereocenters. The van der Waals surface area contributed by atoms with E-state index in [2.05, 4.69) is 25.2 Å². The van der Waals surface area contributed by atoms with Gasteiger partial charge in [-0.05, 0) is 33.2 Å². The number of aromatic amines is 1. The highest BCUT2D eigenvalue weighted by atomic mass is 16.5. The highest BCUT2D eigenvalue weighted by molar-refractivity contribution is 5.21. The topological polar surface area (TPSA) is 70.8 Å². The summed E-state index contributed by atoms with van der Waals surface area (Å²) in [7, 11) is 0. The monoisotopic (exact) mass is 261 g/mol. The van der Waals surface area contributed by atoms with E-state index in [1.807, 2.05) is 13.8 Å². The van der Waals surface area contributed by atoms with Crippen LogP contribution >= 0.6 is 0 Å². The fourth-order valence-electron chi connectivity index (χ4n) is 2.80. The first kappa shape index (κ1) is 12.3. The third-order valence-electron chi connectivity index (χ3n) is 3.91. The van der Waals surface area contributed by atoms with E-state index in [0.29, 0.717) is 6.04 Å². The van der Waals surface area contributed by atoms with Gasteiger partial charge in [0, 0.05) is 12.1 Å². The maximum Gasteiger partial charge on any atom is 0.141 e. The van der Waals surface area contributed by atoms with Crippen LogP contribution < -0.4 is 0 Å². The molecule has 1 saturated heterocycles. The van der Waals surface area contributed by atoms with Crippen LogP contribution in [0.2, 0.25) is 0 Å². The van der Waals surface area contributed by atoms with Crippen molar-refractivity contribution < 1.29 is 4.52 Å². The van der Waals surface area contributed by atoms with Gasteiger partial charge in [-0.15, -0.1) is 0 Å². The van der Waals surface area contributed by atoms with E-state index in [1.165, 1.54) is 18.4 Å². The zero-order chi connectivity index (χ0) is 13.2. The molecule has 0 aromatic carbocycles. The van der Waals surface area contributed by atoms with Crippen molar-refractivity contribution in [3.05, 3.63) is 29.2 Å². The summed E-state index contributed by atoms with van der Waals surface area (Å²) in [5.41, 5.74) is 2.19. The van der Waals surface area contributed by atoms with Crippen LogP contribution in [-0.4, -0.2) is 31.8 Å². The van der Waals surface area contributed by atoms with Gasteiger partial charge in [-0.2, -0.15) is 5.10 Å². The maximum atomic E-state index is 5.25. The molecule has 6 heteroatoms. The minimum absolute atomic E-state index is 0.324. The lowest BCUT2D eigenvalue weighted by Crippen LogP contribution is -2.33. The molecule has 0 spiro atoms. The first-order chi connectivity index (χ1) is 9.25. The molecule has 2 aromatic rings. The number of aromatic nitrogens is 4. The predicted octanol–water partition coefficient (Wildman–Crippen LogP) is 2.14. The van der Waals surface area contributed by atoms with Gasteiger partial charge in [-0.1, -0.05) is 11.6 Å². The van der Waals surface area contributed by atoms with E-state index in [0.717, 1.165) is 36.8 Å². The van der Waals surface area contributed by atoms with E-state index in [-0.39, 0.29) is 0 Å². The third kappa shape index (κ3) is 2.40. The van der Waals surface area contributed by atoms with Gasteiger partial charge in [0.25, 0.3) is 0 Å². The van der Waals surface area contributed by atoms with Crippen molar-refractivity contribution >= 4 is 0 Å². The first-order valence-electron chi connectivity index (χ1n) is 6.77. The Kier molecular flexibility index (Phi) is 3.33. The summed E-state index contributed by atoms with van der Waals surface area (Å²) in [5.74, 6) is 1.88. The summed E-state index contributed by atoms with van der Waals surface area (Å²) in [4.78, 5) is 6.76. The van der Waals surface area contributed by atoms with Gasteiger partial charge in [0.2, 0.25) is 0 Å². The number of piperidine rings is 1. The van der Waals surface area contributed by atoms with Crippen molar-refractivity contribution in [3.63, 3.8) is 0 Å². The Balaban J connectivity index is 1.81. The van der Waals surface area contributed by atoms with Gasteiger partial charge < -0.3 is 4.52 Å². The lowest BCUT2D eigenvalue weighted by atomic mass is 10.0. The van der Waals surface area contributed by atoms with Crippen LogP contribution in [0.1, 0.15) is 48.1 Å². The molecule has 102 valence electrons. The van der Waals surface area contributed by atoms with Crippen molar-refractivity contribution in [3.8, 4) is 0 Å². The van der Waals surface area contributed by atoms with E-state index in [1.54, 1.807) is 6.33 Å². The normalized spacial score (nSPS) is 20.8. The molecular formula is C13H19N5O. The smallest absolute Gasteiger partial charge is 0.141 e. The van der Waals surface area contributed by atoms with Crippen molar-refractivity contribution in [1.29, 1.82) is 0 Å². The van der Waals surface area contributed by atoms with E-state index >= 15 is 0 Å². The van der Waals surface area contributed by atoms with Crippen LogP contribution in [0.15, 0.2) is 10.9 Å². The van der Waals surface area contributed by atoms with Crippen LogP contribution in [0.25, 0.3) is 0 Å². The second kappa shape index (κ2) is 5.13. The van der Waals surface area contributed by atoms with Gasteiger partial charge in [-0.3, -0.25) is 10.00 Å². The summed E-state index contributed by atoms with van der Waals surface area (Å²) in [6.07, 6.45) is 5.17. The second-order valence-corrected chi connectivity index (χ2v) is 5.16. The molecule has 0 saturated carbocycles. The molecule has 1 aliphatic heterocycles. The van der Waals surface area contributed by atoms with Gasteiger partial charge in [0.15, 0.2) is 0 Å². The lowest BCUT2D eigenvalue weighted by molar-refractivity contribution is 0.133. The summed E-state index contributed by atoms with van der Waals surface area (Å²) in [6, 6.07) is 0.324. The largest absolute Gasteiger partial charge is 0.361 e. The Morgan fingerprint density at radius 1 is 1.42 bits per heavy atom. The van der Waals surface area contributed by atoms with Gasteiger partial charge in [-0.25, -0.2) is 4.98 Å². The number of H-pyrrole nitrogens is 1. The van der Waals surface area contributed by atoms with Crippen molar-refractivity contribution in [1.82, 2.24) is 25.2 Å². The lowest BCUT2D eigenvalue weighted by Gasteiger charge is -2.34. The number of rotatable bonds is 3. The molecule has 6 nitrogen and oxygen atoms in total. The zero-order valence-electron chi connectivity index (χ0n) is 11.4. The Hall–Kier alpha value is -1.69. The van der Waals surface area contributed by atoms with Crippen LogP contribution in [0.5, 0.6) is 0 Å². The molecular weight excluding hydrogens is 242 g/mol. The quantitative estimate of drug-likeness (QED) is 0.916. The number of hydrogen-bond donors (Lipinski definition) is 1. The van der Waals surface area contributed by atoms with Gasteiger partial charge in [0.05, 0.1) is 11.7 Å². The van der Waals surface area contributed by atoms with Gasteiger partial charge in [0.1, 0.15) is 17.9 Å². The SMILES string of the molecule is Cc1noc(C)c1CN1CCCC[C@@H]1c1ncn[nH]1. The fraction of sp³-hybridized carbons (Fsp3) is 0.615. The molecule has 1 fully saturated rings. The summed E-state index contributed by atoms with van der Waals surface area (Å²) < 4.78 is 5.25. The van der Waals surface area contributed by atoms with Crippen molar-refractivity contribution in [2.24, 2.45) is 0 Å². The summed E-state index contributed by atoms with van der Waals surface area (Å²) in [5, 5.41) is 11.0. The number of nitrogens with one attached hydrogen (secondary N) is 1. The summed E-state index contributed by atoms with van der Waals surface area (Å²) >= 11 is 0. The number of nitrogens with zero attached hydrogens (tertiary/aromatic N) is 4. The molecule has 0 bridgehead atoms. The average Bonchev–Trinajstić information content (AvgIpc) is 3.05. The maximum absolute atomic E-state index is 5.25. The molecule has 0 radical (unpaired) electrons. The molecule has 2 aromatic heterocycles. The molecule has 19 heavy (non-hydrogen) atoms. The highest BCUT2D eigenvalue weighted by Gasteiger charge is 2.27. The fourth-order valence-corrected chi connectivity index (χ4v) is 2.80. The van der Waals surface area contributed by atoms with Crippen molar-refractivity contribution in [2.75, 3.05) is 6.54 Å². The van der Waals surface area contributed by atoms with E-state index in [4.69, 9.17) is 4.52 Å². The molecule has 1 aliphatic rings. The number of likely N-dealkylation sites (tertiary alicyclic amines) is 1. The number of hydrogen-bond acceptors (Lipinski definition) is 5. The Labute approximate surface area is 112 Å². The van der Waals surface area contributed by atoms with E-state index in [9.17, 15) is 0 Å². The summed E-state index contributed by atoms with van der Waals surface area (Å²) in [6.45, 7) is 5.92. The Morgan fingerprint density at radius 2 is 2.32 bits per heavy atom. The van der Waals surface area contributed by atoms with Crippen LogP contribution in [-0.2, 0) is 6.54 Å². The molecule has 0 amide bonds. The van der Waals surface area contributed by atoms with Crippen LogP contribution in [0.4, 0.5) is 0 Å². The second-order valence-electron chi connectivity index (χ2n) is 5.16. The minimum Gasteiger partial charge on any atom is -0.361 e. The van der Waals surface area contributed by atoms with E-state index < -0.39 is 0 Å². The Morgan fingerprint density at radius 3 is 3.00 bits per heavy atom. The van der Waals surface area contributed by atoms with Crippen LogP contribution in [0, 0.1) is 13.8 Å². The number of aryl methyl sites for hydroxylation is 2. The van der Waals surface area contributed by atoms with Crippen LogP contribution in [0.3, 0.4) is 0 Å². The third-order valence-corrected chi connectivity index (χ3v) is 3.91. The standard InChI is InChI=1S/C13H19N5O/c1-9-11(10(2)19-17-9)7-18-6-4-3-5-12(18)13-14-8-15-16-13/h8,12H,3-7H2,1-2H3,(H,14,15,16)/t12-/m1/s1. The minimum atomic E-state index is 0.324. The molecule has 3 rings (SSSR count). The first-order valence-corrected chi connectivity index (χ1v) is 6.77. The van der Waals surface area contributed by atoms with Crippen molar-refractivity contribution in [2.45, 2.75) is 45.7 Å². The molecule has 0 aliphatic carbocycles. The molecule has 3 heterocycles. The molecule has 1 atom stereocenters. The Bertz CT molecular complexity index is 514. The predicted molar refractivity (Wildman–Crippen MR) is 69.4 cm³/mol. The van der Waals surface area contributed by atoms with Gasteiger partial charge >= 0.3 is 0 Å².